The highest BCUT2D eigenvalue weighted by atomic mass is 35.5. The molecule has 1 aromatic heterocycles. The van der Waals surface area contributed by atoms with Gasteiger partial charge in [-0.1, -0.05) is 30.3 Å². The molecule has 0 bridgehead atoms. The van der Waals surface area contributed by atoms with E-state index < -0.39 is 0 Å². The number of hydrogen-bond donors (Lipinski definition) is 1. The Labute approximate surface area is 119 Å². The summed E-state index contributed by atoms with van der Waals surface area (Å²) in [6.07, 6.45) is 0. The van der Waals surface area contributed by atoms with Crippen molar-refractivity contribution in [1.82, 2.24) is 15.1 Å². The van der Waals surface area contributed by atoms with Crippen molar-refractivity contribution in [1.29, 1.82) is 0 Å². The SMILES string of the molecule is CCn1nc(C)c(CNCc2ccccc2)c1F.Cl. The molecule has 0 aliphatic carbocycles. The average molecular weight is 284 g/mol. The van der Waals surface area contributed by atoms with Gasteiger partial charge in [-0.05, 0) is 19.4 Å². The molecule has 0 unspecified atom stereocenters. The summed E-state index contributed by atoms with van der Waals surface area (Å²) in [6.45, 7) is 5.53. The largest absolute Gasteiger partial charge is 0.308 e. The normalized spacial score (nSPS) is 10.3. The molecule has 2 rings (SSSR count). The number of aryl methyl sites for hydroxylation is 2. The second kappa shape index (κ2) is 7.26. The molecule has 0 aliphatic rings. The summed E-state index contributed by atoms with van der Waals surface area (Å²) in [7, 11) is 0. The Kier molecular flexibility index (Phi) is 5.99. The molecule has 0 saturated carbocycles. The van der Waals surface area contributed by atoms with Gasteiger partial charge in [-0.3, -0.25) is 0 Å². The first-order valence-corrected chi connectivity index (χ1v) is 6.18. The Morgan fingerprint density at radius 3 is 2.47 bits per heavy atom. The number of nitrogens with zero attached hydrogens (tertiary/aromatic N) is 2. The summed E-state index contributed by atoms with van der Waals surface area (Å²) in [5, 5.41) is 7.40. The standard InChI is InChI=1S/C14H18FN3.ClH/c1-3-18-14(15)13(11(2)17-18)10-16-9-12-7-5-4-6-8-12;/h4-8,16H,3,9-10H2,1-2H3;1H. The zero-order valence-corrected chi connectivity index (χ0v) is 12.0. The maximum atomic E-state index is 13.9. The predicted molar refractivity (Wildman–Crippen MR) is 76.8 cm³/mol. The zero-order chi connectivity index (χ0) is 13.0. The van der Waals surface area contributed by atoms with Gasteiger partial charge in [0.1, 0.15) is 0 Å². The molecule has 0 amide bonds. The van der Waals surface area contributed by atoms with Crippen LogP contribution in [0.1, 0.15) is 23.7 Å². The van der Waals surface area contributed by atoms with E-state index in [1.165, 1.54) is 10.2 Å². The number of aromatic nitrogens is 2. The van der Waals surface area contributed by atoms with Crippen molar-refractivity contribution in [3.8, 4) is 0 Å². The van der Waals surface area contributed by atoms with Crippen LogP contribution in [0.2, 0.25) is 0 Å². The minimum atomic E-state index is -0.226. The zero-order valence-electron chi connectivity index (χ0n) is 11.2. The first-order chi connectivity index (χ1) is 8.72. The molecule has 1 N–H and O–H groups in total. The van der Waals surface area contributed by atoms with Crippen LogP contribution < -0.4 is 5.32 Å². The van der Waals surface area contributed by atoms with Gasteiger partial charge in [-0.15, -0.1) is 12.4 Å². The number of nitrogens with one attached hydrogen (secondary N) is 1. The maximum Gasteiger partial charge on any atom is 0.216 e. The van der Waals surface area contributed by atoms with Crippen LogP contribution in [0.25, 0.3) is 0 Å². The number of rotatable bonds is 5. The van der Waals surface area contributed by atoms with Gasteiger partial charge in [-0.2, -0.15) is 9.49 Å². The van der Waals surface area contributed by atoms with E-state index in [1.54, 1.807) is 0 Å². The van der Waals surface area contributed by atoms with Crippen LogP contribution in [0.4, 0.5) is 4.39 Å². The van der Waals surface area contributed by atoms with Crippen LogP contribution >= 0.6 is 12.4 Å². The summed E-state index contributed by atoms with van der Waals surface area (Å²) in [5.74, 6) is -0.226. The molecule has 1 heterocycles. The summed E-state index contributed by atoms with van der Waals surface area (Å²) in [6, 6.07) is 10.1. The lowest BCUT2D eigenvalue weighted by Crippen LogP contribution is -2.14. The van der Waals surface area contributed by atoms with Crippen molar-refractivity contribution in [3.05, 3.63) is 53.1 Å². The molecule has 3 nitrogen and oxygen atoms in total. The van der Waals surface area contributed by atoms with E-state index in [0.29, 0.717) is 18.7 Å². The Balaban J connectivity index is 0.00000180. The lowest BCUT2D eigenvalue weighted by atomic mass is 10.2. The third-order valence-electron chi connectivity index (χ3n) is 2.96. The summed E-state index contributed by atoms with van der Waals surface area (Å²) >= 11 is 0. The minimum Gasteiger partial charge on any atom is -0.308 e. The highest BCUT2D eigenvalue weighted by Crippen LogP contribution is 2.12. The molecule has 5 heteroatoms. The third kappa shape index (κ3) is 3.78. The fourth-order valence-electron chi connectivity index (χ4n) is 1.93. The van der Waals surface area contributed by atoms with Crippen molar-refractivity contribution < 1.29 is 4.39 Å². The molecule has 19 heavy (non-hydrogen) atoms. The first kappa shape index (κ1) is 15.7. The minimum absolute atomic E-state index is 0. The predicted octanol–water partition coefficient (Wildman–Crippen LogP) is 3.06. The molecule has 1 aromatic carbocycles. The lowest BCUT2D eigenvalue weighted by molar-refractivity contribution is 0.460. The Bertz CT molecular complexity index is 511. The van der Waals surface area contributed by atoms with Crippen molar-refractivity contribution in [2.75, 3.05) is 0 Å². The number of hydrogen-bond acceptors (Lipinski definition) is 2. The van der Waals surface area contributed by atoms with E-state index in [0.717, 1.165) is 12.2 Å². The highest BCUT2D eigenvalue weighted by molar-refractivity contribution is 5.85. The van der Waals surface area contributed by atoms with E-state index in [4.69, 9.17) is 0 Å². The van der Waals surface area contributed by atoms with E-state index >= 15 is 0 Å². The number of halogens is 2. The second-order valence-corrected chi connectivity index (χ2v) is 4.26. The van der Waals surface area contributed by atoms with Crippen molar-refractivity contribution >= 4 is 12.4 Å². The van der Waals surface area contributed by atoms with E-state index in [1.807, 2.05) is 44.2 Å². The molecule has 0 aliphatic heterocycles. The Morgan fingerprint density at radius 2 is 1.89 bits per heavy atom. The van der Waals surface area contributed by atoms with Crippen molar-refractivity contribution in [2.24, 2.45) is 0 Å². The molecule has 0 radical (unpaired) electrons. The van der Waals surface area contributed by atoms with Crippen molar-refractivity contribution in [2.45, 2.75) is 33.5 Å². The van der Waals surface area contributed by atoms with Crippen LogP contribution in [0.3, 0.4) is 0 Å². The highest BCUT2D eigenvalue weighted by Gasteiger charge is 2.13. The van der Waals surface area contributed by atoms with Gasteiger partial charge in [0.25, 0.3) is 0 Å². The summed E-state index contributed by atoms with van der Waals surface area (Å²) in [4.78, 5) is 0. The smallest absolute Gasteiger partial charge is 0.216 e. The molecule has 104 valence electrons. The van der Waals surface area contributed by atoms with Gasteiger partial charge >= 0.3 is 0 Å². The van der Waals surface area contributed by atoms with Gasteiger partial charge in [0.05, 0.1) is 5.69 Å². The van der Waals surface area contributed by atoms with E-state index in [9.17, 15) is 4.39 Å². The molecule has 0 spiro atoms. The fraction of sp³-hybridized carbons (Fsp3) is 0.357. The molecular formula is C14H19ClFN3. The van der Waals surface area contributed by atoms with Gasteiger partial charge in [-0.25, -0.2) is 4.68 Å². The quantitative estimate of drug-likeness (QED) is 0.914. The van der Waals surface area contributed by atoms with Crippen molar-refractivity contribution in [3.63, 3.8) is 0 Å². The Hall–Kier alpha value is -1.39. The summed E-state index contributed by atoms with van der Waals surface area (Å²) in [5.41, 5.74) is 2.61. The van der Waals surface area contributed by atoms with Crippen LogP contribution in [0.5, 0.6) is 0 Å². The lowest BCUT2D eigenvalue weighted by Gasteiger charge is -2.04. The monoisotopic (exact) mass is 283 g/mol. The average Bonchev–Trinajstić information content (AvgIpc) is 2.67. The van der Waals surface area contributed by atoms with Gasteiger partial charge in [0.2, 0.25) is 5.95 Å². The second-order valence-electron chi connectivity index (χ2n) is 4.26. The van der Waals surface area contributed by atoms with Crippen LogP contribution in [-0.4, -0.2) is 9.78 Å². The maximum absolute atomic E-state index is 13.9. The van der Waals surface area contributed by atoms with Crippen LogP contribution in [0, 0.1) is 12.9 Å². The topological polar surface area (TPSA) is 29.9 Å². The first-order valence-electron chi connectivity index (χ1n) is 6.18. The third-order valence-corrected chi connectivity index (χ3v) is 2.96. The van der Waals surface area contributed by atoms with E-state index in [2.05, 4.69) is 10.4 Å². The van der Waals surface area contributed by atoms with Gasteiger partial charge < -0.3 is 5.32 Å². The number of benzene rings is 1. The molecular weight excluding hydrogens is 265 g/mol. The molecule has 0 fully saturated rings. The van der Waals surface area contributed by atoms with Gasteiger partial charge in [0.15, 0.2) is 0 Å². The Morgan fingerprint density at radius 1 is 1.21 bits per heavy atom. The van der Waals surface area contributed by atoms with E-state index in [-0.39, 0.29) is 18.4 Å². The fourth-order valence-corrected chi connectivity index (χ4v) is 1.93. The molecule has 2 aromatic rings. The van der Waals surface area contributed by atoms with Gasteiger partial charge in [0, 0.05) is 25.2 Å². The van der Waals surface area contributed by atoms with Crippen LogP contribution in [0.15, 0.2) is 30.3 Å². The molecule has 0 atom stereocenters. The summed E-state index contributed by atoms with van der Waals surface area (Å²) < 4.78 is 15.3. The molecule has 0 saturated heterocycles. The van der Waals surface area contributed by atoms with Crippen LogP contribution in [-0.2, 0) is 19.6 Å².